The average molecular weight is 624 g/mol. The summed E-state index contributed by atoms with van der Waals surface area (Å²) in [6, 6.07) is 9.23. The summed E-state index contributed by atoms with van der Waals surface area (Å²) in [6.45, 7) is 22.4. The second-order valence-corrected chi connectivity index (χ2v) is 16.3. The summed E-state index contributed by atoms with van der Waals surface area (Å²) in [5.41, 5.74) is 0.530. The molecule has 3 unspecified atom stereocenters. The maximum atomic E-state index is 15.0. The molecular formula is C36H53N3O4S. The highest BCUT2D eigenvalue weighted by atomic mass is 32.2. The van der Waals surface area contributed by atoms with E-state index in [1.165, 1.54) is 0 Å². The van der Waals surface area contributed by atoms with E-state index in [9.17, 15) is 19.5 Å². The number of rotatable bonds is 14. The lowest BCUT2D eigenvalue weighted by Crippen LogP contribution is -2.61. The first-order valence-electron chi connectivity index (χ1n) is 16.2. The van der Waals surface area contributed by atoms with E-state index in [4.69, 9.17) is 0 Å². The van der Waals surface area contributed by atoms with Crippen molar-refractivity contribution >= 4 is 29.5 Å². The number of aliphatic hydroxyl groups is 1. The van der Waals surface area contributed by atoms with Gasteiger partial charge in [-0.15, -0.1) is 24.9 Å². The molecule has 1 aromatic rings. The lowest BCUT2D eigenvalue weighted by atomic mass is 9.65. The highest BCUT2D eigenvalue weighted by Crippen LogP contribution is 2.69. The summed E-state index contributed by atoms with van der Waals surface area (Å²) in [6.07, 6.45) is 6.23. The van der Waals surface area contributed by atoms with Crippen molar-refractivity contribution in [2.75, 3.05) is 26.2 Å². The maximum absolute atomic E-state index is 15.0. The van der Waals surface area contributed by atoms with Crippen LogP contribution in [-0.4, -0.2) is 85.3 Å². The monoisotopic (exact) mass is 623 g/mol. The smallest absolute Gasteiger partial charge is 0.247 e. The number of aliphatic hydroxyl groups excluding tert-OH is 1. The van der Waals surface area contributed by atoms with Gasteiger partial charge in [0.25, 0.3) is 0 Å². The Labute approximate surface area is 269 Å². The van der Waals surface area contributed by atoms with E-state index < -0.39 is 28.2 Å². The molecule has 8 heteroatoms. The zero-order valence-electron chi connectivity index (χ0n) is 27.6. The lowest BCUT2D eigenvalue weighted by molar-refractivity contribution is -0.147. The van der Waals surface area contributed by atoms with Gasteiger partial charge in [0.05, 0.1) is 16.6 Å². The number of nitrogens with zero attached hydrogens (tertiary/aromatic N) is 3. The Bertz CT molecular complexity index is 1230. The van der Waals surface area contributed by atoms with Crippen molar-refractivity contribution in [3.05, 3.63) is 61.2 Å². The Morgan fingerprint density at radius 1 is 1.07 bits per heavy atom. The molecule has 2 bridgehead atoms. The van der Waals surface area contributed by atoms with Crippen molar-refractivity contribution in [3.63, 3.8) is 0 Å². The van der Waals surface area contributed by atoms with Crippen LogP contribution in [0.15, 0.2) is 55.6 Å². The van der Waals surface area contributed by atoms with E-state index in [1.54, 1.807) is 28.8 Å². The Hall–Kier alpha value is -2.58. The first-order valence-corrected chi connectivity index (χ1v) is 17.1. The lowest BCUT2D eigenvalue weighted by Gasteiger charge is -2.47. The number of amides is 3. The minimum atomic E-state index is -0.692. The SMILES string of the molecule is C=CCN(Cc1ccccc1)C(=O)[C@@H]1[C@H]2C(=O)N(CCCCO)C(C(=O)N(CC=C)C(C)(C)CC(C)(C)C)C23S[C@@H]1CC3C. The summed E-state index contributed by atoms with van der Waals surface area (Å²) < 4.78 is -0.692. The summed E-state index contributed by atoms with van der Waals surface area (Å²) >= 11 is 1.72. The van der Waals surface area contributed by atoms with Crippen molar-refractivity contribution < 1.29 is 19.5 Å². The highest BCUT2D eigenvalue weighted by Gasteiger charge is 2.76. The molecule has 0 radical (unpaired) electrons. The summed E-state index contributed by atoms with van der Waals surface area (Å²) in [7, 11) is 0. The maximum Gasteiger partial charge on any atom is 0.247 e. The average Bonchev–Trinajstić information content (AvgIpc) is 3.53. The molecule has 7 nitrogen and oxygen atoms in total. The van der Waals surface area contributed by atoms with Crippen molar-refractivity contribution in [2.24, 2.45) is 23.2 Å². The van der Waals surface area contributed by atoms with Crippen LogP contribution in [0, 0.1) is 23.2 Å². The first kappa shape index (κ1) is 34.3. The second-order valence-electron chi connectivity index (χ2n) is 14.8. The molecule has 3 saturated heterocycles. The molecule has 1 N–H and O–H groups in total. The molecule has 44 heavy (non-hydrogen) atoms. The van der Waals surface area contributed by atoms with Crippen LogP contribution in [0.4, 0.5) is 0 Å². The van der Waals surface area contributed by atoms with Gasteiger partial charge >= 0.3 is 0 Å². The van der Waals surface area contributed by atoms with Gasteiger partial charge in [0.2, 0.25) is 17.7 Å². The third-order valence-corrected chi connectivity index (χ3v) is 11.8. The second kappa shape index (κ2) is 13.4. The first-order chi connectivity index (χ1) is 20.7. The number of benzene rings is 1. The summed E-state index contributed by atoms with van der Waals surface area (Å²) in [4.78, 5) is 49.6. The molecule has 0 aliphatic carbocycles. The third kappa shape index (κ3) is 6.39. The molecule has 1 aromatic carbocycles. The predicted octanol–water partition coefficient (Wildman–Crippen LogP) is 5.54. The van der Waals surface area contributed by atoms with Gasteiger partial charge in [-0.2, -0.15) is 0 Å². The van der Waals surface area contributed by atoms with Gasteiger partial charge in [0.1, 0.15) is 6.04 Å². The largest absolute Gasteiger partial charge is 0.396 e. The van der Waals surface area contributed by atoms with E-state index in [-0.39, 0.29) is 40.9 Å². The number of likely N-dealkylation sites (tertiary alicyclic amines) is 1. The van der Waals surface area contributed by atoms with Crippen LogP contribution in [0.2, 0.25) is 0 Å². The normalized spacial score (nSPS) is 27.8. The van der Waals surface area contributed by atoms with Gasteiger partial charge in [-0.25, -0.2) is 0 Å². The van der Waals surface area contributed by atoms with Gasteiger partial charge in [0, 0.05) is 43.6 Å². The van der Waals surface area contributed by atoms with Gasteiger partial charge < -0.3 is 19.8 Å². The summed E-state index contributed by atoms with van der Waals surface area (Å²) in [5, 5.41) is 9.53. The van der Waals surface area contributed by atoms with Crippen molar-refractivity contribution in [1.29, 1.82) is 0 Å². The van der Waals surface area contributed by atoms with Gasteiger partial charge in [-0.1, -0.05) is 70.2 Å². The van der Waals surface area contributed by atoms with Crippen LogP contribution in [-0.2, 0) is 20.9 Å². The van der Waals surface area contributed by atoms with E-state index in [0.717, 1.165) is 18.4 Å². The molecular weight excluding hydrogens is 570 g/mol. The van der Waals surface area contributed by atoms with E-state index in [2.05, 4.69) is 54.7 Å². The van der Waals surface area contributed by atoms with Gasteiger partial charge in [-0.05, 0) is 56.4 Å². The molecule has 0 aromatic heterocycles. The Kier molecular flexibility index (Phi) is 10.5. The van der Waals surface area contributed by atoms with Crippen LogP contribution in [0.1, 0.15) is 72.8 Å². The van der Waals surface area contributed by atoms with Gasteiger partial charge in [-0.3, -0.25) is 14.4 Å². The number of hydrogen-bond donors (Lipinski definition) is 1. The zero-order chi connectivity index (χ0) is 32.4. The Balaban J connectivity index is 1.77. The number of carbonyl (C=O) groups excluding carboxylic acids is 3. The molecule has 3 heterocycles. The van der Waals surface area contributed by atoms with Crippen LogP contribution >= 0.6 is 11.8 Å². The van der Waals surface area contributed by atoms with Crippen LogP contribution in [0.3, 0.4) is 0 Å². The molecule has 4 rings (SSSR count). The van der Waals surface area contributed by atoms with Gasteiger partial charge in [0.15, 0.2) is 0 Å². The van der Waals surface area contributed by atoms with Crippen LogP contribution < -0.4 is 0 Å². The topological polar surface area (TPSA) is 81.2 Å². The van der Waals surface area contributed by atoms with Crippen LogP contribution in [0.25, 0.3) is 0 Å². The number of fused-ring (bicyclic) bond motifs is 1. The Morgan fingerprint density at radius 3 is 2.32 bits per heavy atom. The molecule has 3 aliphatic rings. The molecule has 6 atom stereocenters. The number of hydrogen-bond acceptors (Lipinski definition) is 5. The molecule has 1 spiro atoms. The molecule has 3 aliphatic heterocycles. The fourth-order valence-electron chi connectivity index (χ4n) is 8.42. The standard InChI is InChI=1S/C36H53N3O4S/c1-9-18-37(23-26-16-12-11-13-17-26)31(41)28-27-22-25(3)36(44-27)29(28)32(42)38(20-14-15-21-40)30(36)33(43)39(19-10-2)35(7,8)24-34(4,5)6/h9-13,16-17,25,27-30,40H,1-2,14-15,18-24H2,3-8H3/t25?,27-,28+,29+,30?,36?/m1/s1. The Morgan fingerprint density at radius 2 is 1.73 bits per heavy atom. The number of unbranched alkanes of at least 4 members (excludes halogenated alkanes) is 1. The fraction of sp³-hybridized carbons (Fsp3) is 0.639. The summed E-state index contributed by atoms with van der Waals surface area (Å²) in [5.74, 6) is -1.16. The minimum absolute atomic E-state index is 0.0188. The molecule has 0 saturated carbocycles. The van der Waals surface area contributed by atoms with Crippen LogP contribution in [0.5, 0.6) is 0 Å². The minimum Gasteiger partial charge on any atom is -0.396 e. The van der Waals surface area contributed by atoms with Crippen molar-refractivity contribution in [2.45, 2.75) is 95.3 Å². The number of thioether (sulfide) groups is 1. The predicted molar refractivity (Wildman–Crippen MR) is 179 cm³/mol. The van der Waals surface area contributed by atoms with E-state index >= 15 is 0 Å². The third-order valence-electron chi connectivity index (χ3n) is 9.72. The molecule has 3 fully saturated rings. The molecule has 3 amide bonds. The highest BCUT2D eigenvalue weighted by molar-refractivity contribution is 8.02. The molecule has 242 valence electrons. The number of carbonyl (C=O) groups is 3. The van der Waals surface area contributed by atoms with Crippen molar-refractivity contribution in [1.82, 2.24) is 14.7 Å². The van der Waals surface area contributed by atoms with E-state index in [1.807, 2.05) is 40.1 Å². The zero-order valence-corrected chi connectivity index (χ0v) is 28.4. The fourth-order valence-corrected chi connectivity index (χ4v) is 10.8. The van der Waals surface area contributed by atoms with Crippen molar-refractivity contribution in [3.8, 4) is 0 Å². The quantitative estimate of drug-likeness (QED) is 0.218. The van der Waals surface area contributed by atoms with E-state index in [0.29, 0.717) is 39.0 Å².